The van der Waals surface area contributed by atoms with E-state index >= 15 is 0 Å². The van der Waals surface area contributed by atoms with Gasteiger partial charge in [-0.2, -0.15) is 4.80 Å². The second kappa shape index (κ2) is 5.09. The quantitative estimate of drug-likeness (QED) is 0.294. The van der Waals surface area contributed by atoms with Crippen molar-refractivity contribution in [2.24, 2.45) is 17.9 Å². The summed E-state index contributed by atoms with van der Waals surface area (Å²) in [6.07, 6.45) is 2.93. The molecule has 1 aliphatic carbocycles. The van der Waals surface area contributed by atoms with E-state index in [0.717, 1.165) is 6.54 Å². The molecule has 0 radical (unpaired) electrons. The van der Waals surface area contributed by atoms with Gasteiger partial charge in [0.15, 0.2) is 5.82 Å². The van der Waals surface area contributed by atoms with Crippen LogP contribution in [0.15, 0.2) is 5.16 Å². The maximum Gasteiger partial charge on any atom is 0.188 e. The van der Waals surface area contributed by atoms with E-state index in [1.165, 1.54) is 17.6 Å². The molecular weight excluding hydrogens is 222 g/mol. The van der Waals surface area contributed by atoms with Crippen LogP contribution in [-0.4, -0.2) is 48.7 Å². The third-order valence-electron chi connectivity index (χ3n) is 2.74. The first-order valence-electron chi connectivity index (χ1n) is 5.62. The average molecular weight is 239 g/mol. The lowest BCUT2D eigenvalue weighted by molar-refractivity contribution is 0.253. The minimum atomic E-state index is 0.253. The maximum atomic E-state index is 8.50. The number of nitrogens with zero attached hydrogens (tertiary/aromatic N) is 6. The summed E-state index contributed by atoms with van der Waals surface area (Å²) in [5.41, 5.74) is 5.46. The van der Waals surface area contributed by atoms with Gasteiger partial charge in [0.1, 0.15) is 5.84 Å². The van der Waals surface area contributed by atoms with Crippen LogP contribution in [0.5, 0.6) is 0 Å². The van der Waals surface area contributed by atoms with Gasteiger partial charge in [-0.25, -0.2) is 0 Å². The number of tetrazole rings is 1. The first kappa shape index (κ1) is 11.8. The largest absolute Gasteiger partial charge is 0.409 e. The van der Waals surface area contributed by atoms with Gasteiger partial charge in [0, 0.05) is 19.0 Å². The summed E-state index contributed by atoms with van der Waals surface area (Å²) < 4.78 is 0. The van der Waals surface area contributed by atoms with Crippen LogP contribution in [0.3, 0.4) is 0 Å². The lowest BCUT2D eigenvalue weighted by atomic mass is 10.3. The highest BCUT2D eigenvalue weighted by Gasteiger charge is 2.29. The molecule has 2 rings (SSSR count). The molecule has 0 unspecified atom stereocenters. The van der Waals surface area contributed by atoms with Gasteiger partial charge in [-0.1, -0.05) is 5.16 Å². The van der Waals surface area contributed by atoms with Crippen molar-refractivity contribution in [3.8, 4) is 0 Å². The summed E-state index contributed by atoms with van der Waals surface area (Å²) in [5, 5.41) is 23.4. The number of hydrogen-bond acceptors (Lipinski definition) is 6. The third kappa shape index (κ3) is 3.38. The monoisotopic (exact) mass is 239 g/mol. The van der Waals surface area contributed by atoms with Crippen LogP contribution in [0.25, 0.3) is 0 Å². The van der Waals surface area contributed by atoms with E-state index in [-0.39, 0.29) is 5.84 Å². The number of oxime groups is 1. The number of amidine groups is 1. The van der Waals surface area contributed by atoms with Gasteiger partial charge in [-0.15, -0.1) is 10.2 Å². The van der Waals surface area contributed by atoms with E-state index in [4.69, 9.17) is 10.9 Å². The van der Waals surface area contributed by atoms with Crippen molar-refractivity contribution in [1.82, 2.24) is 25.1 Å². The van der Waals surface area contributed by atoms with Gasteiger partial charge in [0.25, 0.3) is 0 Å². The van der Waals surface area contributed by atoms with Gasteiger partial charge < -0.3 is 10.9 Å². The van der Waals surface area contributed by atoms with Gasteiger partial charge in [-0.05, 0) is 18.1 Å². The highest BCUT2D eigenvalue weighted by Crippen LogP contribution is 2.27. The van der Waals surface area contributed by atoms with Crippen LogP contribution < -0.4 is 5.73 Å². The van der Waals surface area contributed by atoms with Gasteiger partial charge >= 0.3 is 0 Å². The predicted octanol–water partition coefficient (Wildman–Crippen LogP) is -0.689. The topological polar surface area (TPSA) is 105 Å². The van der Waals surface area contributed by atoms with E-state index in [1.54, 1.807) is 7.05 Å². The summed E-state index contributed by atoms with van der Waals surface area (Å²) >= 11 is 0. The summed E-state index contributed by atoms with van der Waals surface area (Å²) in [4.78, 5) is 3.69. The molecule has 17 heavy (non-hydrogen) atoms. The number of nitrogens with two attached hydrogens (primary N) is 1. The van der Waals surface area contributed by atoms with E-state index < -0.39 is 0 Å². The molecule has 0 spiro atoms. The second-order valence-corrected chi connectivity index (χ2v) is 4.24. The van der Waals surface area contributed by atoms with Gasteiger partial charge in [0.2, 0.25) is 0 Å². The molecule has 1 fully saturated rings. The Morgan fingerprint density at radius 1 is 1.65 bits per heavy atom. The van der Waals surface area contributed by atoms with Crippen LogP contribution in [-0.2, 0) is 13.6 Å². The van der Waals surface area contributed by atoms with Crippen LogP contribution in [0, 0.1) is 0 Å². The second-order valence-electron chi connectivity index (χ2n) is 4.24. The number of hydrogen-bond donors (Lipinski definition) is 2. The van der Waals surface area contributed by atoms with Crippen LogP contribution in [0.2, 0.25) is 0 Å². The Bertz CT molecular complexity index is 398. The number of aromatic nitrogens is 4. The Kier molecular flexibility index (Phi) is 3.52. The fraction of sp³-hybridized carbons (Fsp3) is 0.778. The molecule has 0 bridgehead atoms. The Balaban J connectivity index is 1.89. The zero-order chi connectivity index (χ0) is 12.3. The van der Waals surface area contributed by atoms with Crippen LogP contribution in [0.4, 0.5) is 0 Å². The van der Waals surface area contributed by atoms with E-state index in [9.17, 15) is 0 Å². The smallest absolute Gasteiger partial charge is 0.188 e. The predicted molar refractivity (Wildman–Crippen MR) is 60.3 cm³/mol. The van der Waals surface area contributed by atoms with Crippen LogP contribution in [0.1, 0.15) is 25.1 Å². The van der Waals surface area contributed by atoms with Crippen molar-refractivity contribution >= 4 is 5.84 Å². The molecule has 1 aromatic rings. The van der Waals surface area contributed by atoms with Crippen LogP contribution >= 0.6 is 0 Å². The fourth-order valence-electron chi connectivity index (χ4n) is 1.71. The third-order valence-corrected chi connectivity index (χ3v) is 2.74. The first-order valence-corrected chi connectivity index (χ1v) is 5.62. The Labute approximate surface area is 99.1 Å². The molecule has 1 heterocycles. The molecular formula is C9H17N7O. The lowest BCUT2D eigenvalue weighted by Gasteiger charge is -2.19. The van der Waals surface area contributed by atoms with Crippen molar-refractivity contribution in [1.29, 1.82) is 0 Å². The molecule has 94 valence electrons. The van der Waals surface area contributed by atoms with Crippen molar-refractivity contribution in [2.75, 3.05) is 6.54 Å². The standard InChI is InChI=1S/C9H17N7O/c1-15-12-9(11-14-15)6-16(7-2-3-7)5-4-8(10)13-17/h7,17H,2-6H2,1H3,(H2,10,13). The summed E-state index contributed by atoms with van der Waals surface area (Å²) in [5.74, 6) is 0.960. The molecule has 1 aliphatic rings. The summed E-state index contributed by atoms with van der Waals surface area (Å²) in [6.45, 7) is 1.41. The van der Waals surface area contributed by atoms with Crippen molar-refractivity contribution in [3.63, 3.8) is 0 Å². The molecule has 0 aliphatic heterocycles. The number of rotatable bonds is 6. The zero-order valence-electron chi connectivity index (χ0n) is 9.82. The number of aryl methyl sites for hydroxylation is 1. The average Bonchev–Trinajstić information content (AvgIpc) is 3.08. The lowest BCUT2D eigenvalue weighted by Crippen LogP contribution is -2.30. The molecule has 0 amide bonds. The Hall–Kier alpha value is -1.70. The Morgan fingerprint density at radius 3 is 2.94 bits per heavy atom. The van der Waals surface area contributed by atoms with E-state index in [1.807, 2.05) is 0 Å². The maximum absolute atomic E-state index is 8.50. The molecule has 1 aromatic heterocycles. The Morgan fingerprint density at radius 2 is 2.41 bits per heavy atom. The zero-order valence-corrected chi connectivity index (χ0v) is 9.82. The highest BCUT2D eigenvalue weighted by molar-refractivity contribution is 5.79. The SMILES string of the molecule is Cn1nnc(CN(CCC(N)=NO)C2CC2)n1. The molecule has 1 saturated carbocycles. The minimum Gasteiger partial charge on any atom is -0.409 e. The molecule has 3 N–H and O–H groups in total. The summed E-state index contributed by atoms with van der Waals surface area (Å²) in [6, 6.07) is 0.574. The van der Waals surface area contributed by atoms with Crippen molar-refractivity contribution < 1.29 is 5.21 Å². The first-order chi connectivity index (χ1) is 8.19. The van der Waals surface area contributed by atoms with Gasteiger partial charge in [0.05, 0.1) is 13.6 Å². The fourth-order valence-corrected chi connectivity index (χ4v) is 1.71. The normalized spacial score (nSPS) is 16.7. The van der Waals surface area contributed by atoms with E-state index in [0.29, 0.717) is 24.8 Å². The molecule has 0 saturated heterocycles. The van der Waals surface area contributed by atoms with Crippen molar-refractivity contribution in [3.05, 3.63) is 5.82 Å². The molecule has 8 nitrogen and oxygen atoms in total. The molecule has 8 heteroatoms. The van der Waals surface area contributed by atoms with Gasteiger partial charge in [-0.3, -0.25) is 4.90 Å². The minimum absolute atomic E-state index is 0.253. The van der Waals surface area contributed by atoms with E-state index in [2.05, 4.69) is 25.5 Å². The van der Waals surface area contributed by atoms with Crippen molar-refractivity contribution in [2.45, 2.75) is 31.8 Å². The molecule has 0 atom stereocenters. The molecule has 0 aromatic carbocycles. The highest BCUT2D eigenvalue weighted by atomic mass is 16.4. The summed E-state index contributed by atoms with van der Waals surface area (Å²) in [7, 11) is 1.74.